The van der Waals surface area contributed by atoms with Crippen LogP contribution in [-0.2, 0) is 4.74 Å². The summed E-state index contributed by atoms with van der Waals surface area (Å²) in [6.45, 7) is 5.56. The summed E-state index contributed by atoms with van der Waals surface area (Å²) in [5, 5.41) is 20.7. The minimum atomic E-state index is -2.77. The van der Waals surface area contributed by atoms with Crippen LogP contribution in [0.4, 0.5) is 8.78 Å². The van der Waals surface area contributed by atoms with Crippen molar-refractivity contribution in [2.45, 2.75) is 45.0 Å². The number of aliphatic hydroxyl groups is 2. The molecule has 0 fully saturated rings. The van der Waals surface area contributed by atoms with Crippen molar-refractivity contribution in [2.75, 3.05) is 19.7 Å². The van der Waals surface area contributed by atoms with Gasteiger partial charge in [-0.05, 0) is 20.8 Å². The van der Waals surface area contributed by atoms with Crippen LogP contribution >= 0.6 is 0 Å². The first-order valence-corrected chi connectivity index (χ1v) is 5.21. The minimum absolute atomic E-state index is 0.111. The number of hydrogen-bond acceptors (Lipinski definition) is 4. The predicted octanol–water partition coefficient (Wildman–Crippen LogP) is 0.378. The molecule has 0 aliphatic rings. The molecule has 2 atom stereocenters. The van der Waals surface area contributed by atoms with Gasteiger partial charge < -0.3 is 20.3 Å². The molecule has 0 aliphatic carbocycles. The van der Waals surface area contributed by atoms with E-state index in [1.807, 2.05) is 20.8 Å². The lowest BCUT2D eigenvalue weighted by molar-refractivity contribution is -0.0497. The SMILES string of the molecule is CC(C)(C)OCC(O)CNCC(O)C(F)F. The third-order valence-electron chi connectivity index (χ3n) is 1.73. The Morgan fingerprint density at radius 1 is 1.19 bits per heavy atom. The zero-order valence-electron chi connectivity index (χ0n) is 9.91. The summed E-state index contributed by atoms with van der Waals surface area (Å²) in [7, 11) is 0. The van der Waals surface area contributed by atoms with Crippen molar-refractivity contribution in [2.24, 2.45) is 0 Å². The maximum atomic E-state index is 11.9. The molecule has 0 aromatic rings. The van der Waals surface area contributed by atoms with Crippen LogP contribution in [0.2, 0.25) is 0 Å². The molecule has 0 aromatic carbocycles. The van der Waals surface area contributed by atoms with E-state index < -0.39 is 18.6 Å². The van der Waals surface area contributed by atoms with E-state index in [1.54, 1.807) is 0 Å². The molecule has 0 heterocycles. The molecule has 6 heteroatoms. The summed E-state index contributed by atoms with van der Waals surface area (Å²) >= 11 is 0. The molecular formula is C10H21F2NO3. The molecule has 0 saturated heterocycles. The molecule has 0 amide bonds. The largest absolute Gasteiger partial charge is 0.389 e. The lowest BCUT2D eigenvalue weighted by Gasteiger charge is -2.22. The monoisotopic (exact) mass is 241 g/mol. The van der Waals surface area contributed by atoms with Crippen LogP contribution in [0.3, 0.4) is 0 Å². The Hall–Kier alpha value is -0.300. The number of alkyl halides is 2. The van der Waals surface area contributed by atoms with Gasteiger partial charge in [0.05, 0.1) is 18.3 Å². The highest BCUT2D eigenvalue weighted by atomic mass is 19.3. The van der Waals surface area contributed by atoms with Crippen LogP contribution in [0.5, 0.6) is 0 Å². The van der Waals surface area contributed by atoms with Crippen molar-refractivity contribution in [3.05, 3.63) is 0 Å². The van der Waals surface area contributed by atoms with Gasteiger partial charge >= 0.3 is 0 Å². The Balaban J connectivity index is 3.55. The average Bonchev–Trinajstić information content (AvgIpc) is 2.13. The fraction of sp³-hybridized carbons (Fsp3) is 1.00. The fourth-order valence-electron chi connectivity index (χ4n) is 0.892. The lowest BCUT2D eigenvalue weighted by atomic mass is 10.2. The molecule has 3 N–H and O–H groups in total. The quantitative estimate of drug-likeness (QED) is 0.603. The molecule has 0 saturated carbocycles. The van der Waals surface area contributed by atoms with Gasteiger partial charge in [0.25, 0.3) is 6.43 Å². The van der Waals surface area contributed by atoms with E-state index >= 15 is 0 Å². The number of ether oxygens (including phenoxy) is 1. The highest BCUT2D eigenvalue weighted by Gasteiger charge is 2.17. The number of hydrogen-bond donors (Lipinski definition) is 3. The van der Waals surface area contributed by atoms with Gasteiger partial charge in [0.15, 0.2) is 0 Å². The van der Waals surface area contributed by atoms with E-state index in [0.29, 0.717) is 0 Å². The summed E-state index contributed by atoms with van der Waals surface area (Å²) in [6.07, 6.45) is -5.24. The van der Waals surface area contributed by atoms with Crippen molar-refractivity contribution < 1.29 is 23.7 Å². The molecule has 0 bridgehead atoms. The summed E-state index contributed by atoms with van der Waals surface area (Å²) in [5.74, 6) is 0. The molecule has 0 spiro atoms. The first-order chi connectivity index (χ1) is 7.22. The van der Waals surface area contributed by atoms with Crippen LogP contribution in [0, 0.1) is 0 Å². The van der Waals surface area contributed by atoms with Gasteiger partial charge in [-0.1, -0.05) is 0 Å². The minimum Gasteiger partial charge on any atom is -0.389 e. The van der Waals surface area contributed by atoms with E-state index in [2.05, 4.69) is 5.32 Å². The number of halogens is 2. The molecule has 0 aliphatic heterocycles. The second-order valence-corrected chi connectivity index (χ2v) is 4.64. The van der Waals surface area contributed by atoms with E-state index in [0.717, 1.165) is 0 Å². The average molecular weight is 241 g/mol. The Labute approximate surface area is 94.6 Å². The predicted molar refractivity (Wildman–Crippen MR) is 56.6 cm³/mol. The summed E-state index contributed by atoms with van der Waals surface area (Å²) in [5.41, 5.74) is -0.344. The van der Waals surface area contributed by atoms with Gasteiger partial charge in [0.1, 0.15) is 6.10 Å². The van der Waals surface area contributed by atoms with Gasteiger partial charge in [0, 0.05) is 13.1 Å². The molecule has 4 nitrogen and oxygen atoms in total. The maximum Gasteiger partial charge on any atom is 0.265 e. The molecule has 16 heavy (non-hydrogen) atoms. The zero-order chi connectivity index (χ0) is 12.8. The first-order valence-electron chi connectivity index (χ1n) is 5.21. The van der Waals surface area contributed by atoms with Gasteiger partial charge in [-0.2, -0.15) is 0 Å². The molecule has 2 unspecified atom stereocenters. The van der Waals surface area contributed by atoms with Crippen molar-refractivity contribution in [1.29, 1.82) is 0 Å². The smallest absolute Gasteiger partial charge is 0.265 e. The molecule has 0 radical (unpaired) electrons. The van der Waals surface area contributed by atoms with Crippen LogP contribution in [-0.4, -0.2) is 54.1 Å². The normalized spacial score (nSPS) is 16.5. The zero-order valence-corrected chi connectivity index (χ0v) is 9.91. The highest BCUT2D eigenvalue weighted by molar-refractivity contribution is 4.66. The van der Waals surface area contributed by atoms with Crippen LogP contribution in [0.25, 0.3) is 0 Å². The fourth-order valence-corrected chi connectivity index (χ4v) is 0.892. The Morgan fingerprint density at radius 2 is 1.75 bits per heavy atom. The van der Waals surface area contributed by atoms with Crippen molar-refractivity contribution in [3.8, 4) is 0 Å². The second-order valence-electron chi connectivity index (χ2n) is 4.64. The molecule has 98 valence electrons. The van der Waals surface area contributed by atoms with Gasteiger partial charge in [-0.3, -0.25) is 0 Å². The molecule has 0 rings (SSSR count). The summed E-state index contributed by atoms with van der Waals surface area (Å²) in [6, 6.07) is 0. The third kappa shape index (κ3) is 8.96. The number of rotatable bonds is 7. The third-order valence-corrected chi connectivity index (χ3v) is 1.73. The van der Waals surface area contributed by atoms with Crippen LogP contribution in [0.15, 0.2) is 0 Å². The Bertz CT molecular complexity index is 185. The van der Waals surface area contributed by atoms with E-state index in [1.165, 1.54) is 0 Å². The van der Waals surface area contributed by atoms with E-state index in [9.17, 15) is 13.9 Å². The standard InChI is InChI=1S/C10H21F2NO3/c1-10(2,3)16-6-7(14)4-13-5-8(15)9(11)12/h7-9,13-15H,4-6H2,1-3H3. The van der Waals surface area contributed by atoms with Crippen molar-refractivity contribution in [1.82, 2.24) is 5.32 Å². The molecular weight excluding hydrogens is 220 g/mol. The summed E-state index contributed by atoms with van der Waals surface area (Å²) in [4.78, 5) is 0. The van der Waals surface area contributed by atoms with E-state index in [4.69, 9.17) is 9.84 Å². The number of aliphatic hydroxyl groups excluding tert-OH is 2. The van der Waals surface area contributed by atoms with E-state index in [-0.39, 0.29) is 25.3 Å². The van der Waals surface area contributed by atoms with Crippen molar-refractivity contribution in [3.63, 3.8) is 0 Å². The molecule has 0 aromatic heterocycles. The Morgan fingerprint density at radius 3 is 2.19 bits per heavy atom. The van der Waals surface area contributed by atoms with Gasteiger partial charge in [-0.15, -0.1) is 0 Å². The first kappa shape index (κ1) is 15.7. The highest BCUT2D eigenvalue weighted by Crippen LogP contribution is 2.06. The topological polar surface area (TPSA) is 61.7 Å². The van der Waals surface area contributed by atoms with Crippen LogP contribution < -0.4 is 5.32 Å². The van der Waals surface area contributed by atoms with Gasteiger partial charge in [0.2, 0.25) is 0 Å². The second kappa shape index (κ2) is 7.11. The lowest BCUT2D eigenvalue weighted by Crippen LogP contribution is -2.38. The maximum absolute atomic E-state index is 11.9. The Kier molecular flexibility index (Phi) is 6.98. The van der Waals surface area contributed by atoms with Crippen LogP contribution in [0.1, 0.15) is 20.8 Å². The summed E-state index contributed by atoms with van der Waals surface area (Å²) < 4.78 is 29.1. The van der Waals surface area contributed by atoms with Crippen molar-refractivity contribution >= 4 is 0 Å². The number of nitrogens with one attached hydrogen (secondary N) is 1. The van der Waals surface area contributed by atoms with Gasteiger partial charge in [-0.25, -0.2) is 8.78 Å².